The second-order valence-electron chi connectivity index (χ2n) is 8.21. The summed E-state index contributed by atoms with van der Waals surface area (Å²) >= 11 is 0. The molecule has 2 N–H and O–H groups in total. The van der Waals surface area contributed by atoms with Crippen molar-refractivity contribution in [1.29, 1.82) is 0 Å². The average molecular weight is 444 g/mol. The molecule has 0 bridgehead atoms. The number of hydrogen-bond acceptors (Lipinski definition) is 4. The van der Waals surface area contributed by atoms with E-state index in [0.29, 0.717) is 36.2 Å². The molecular weight excluding hydrogens is 414 g/mol. The minimum atomic E-state index is -3.55. The van der Waals surface area contributed by atoms with Crippen molar-refractivity contribution in [2.24, 2.45) is 11.8 Å². The molecule has 1 saturated heterocycles. The molecule has 2 amide bonds. The van der Waals surface area contributed by atoms with Crippen LogP contribution in [0.5, 0.6) is 0 Å². The van der Waals surface area contributed by atoms with Crippen LogP contribution < -0.4 is 10.6 Å². The van der Waals surface area contributed by atoms with Crippen molar-refractivity contribution >= 4 is 27.5 Å². The fraction of sp³-hybridized carbons (Fsp3) is 0.391. The number of carbonyl (C=O) groups is 2. The molecule has 1 aliphatic heterocycles. The highest BCUT2D eigenvalue weighted by Crippen LogP contribution is 2.27. The fourth-order valence-corrected chi connectivity index (χ4v) is 5.55. The number of piperidine rings is 1. The molecule has 2 atom stereocenters. The maximum atomic E-state index is 12.9. The number of nitrogens with zero attached hydrogens (tertiary/aromatic N) is 1. The Balaban J connectivity index is 1.51. The largest absolute Gasteiger partial charge is 0.352 e. The summed E-state index contributed by atoms with van der Waals surface area (Å²) in [6.07, 6.45) is 1.14. The quantitative estimate of drug-likeness (QED) is 0.687. The van der Waals surface area contributed by atoms with Gasteiger partial charge in [-0.3, -0.25) is 9.59 Å². The van der Waals surface area contributed by atoms with E-state index in [1.165, 1.54) is 12.1 Å². The number of hydrogen-bond donors (Lipinski definition) is 2. The van der Waals surface area contributed by atoms with Gasteiger partial charge in [0.15, 0.2) is 0 Å². The van der Waals surface area contributed by atoms with Gasteiger partial charge in [-0.1, -0.05) is 32.0 Å². The normalized spacial score (nSPS) is 19.5. The van der Waals surface area contributed by atoms with Crippen molar-refractivity contribution in [3.8, 4) is 0 Å². The van der Waals surface area contributed by atoms with Crippen LogP contribution in [-0.4, -0.2) is 44.2 Å². The van der Waals surface area contributed by atoms with Gasteiger partial charge in [0.05, 0.1) is 4.90 Å². The topological polar surface area (TPSA) is 95.6 Å². The summed E-state index contributed by atoms with van der Waals surface area (Å²) in [7, 11) is -3.55. The van der Waals surface area contributed by atoms with E-state index in [4.69, 9.17) is 0 Å². The van der Waals surface area contributed by atoms with Crippen LogP contribution in [0.1, 0.15) is 37.0 Å². The first-order chi connectivity index (χ1) is 14.8. The van der Waals surface area contributed by atoms with E-state index >= 15 is 0 Å². The zero-order valence-corrected chi connectivity index (χ0v) is 18.7. The van der Waals surface area contributed by atoms with Crippen molar-refractivity contribution in [2.45, 2.75) is 31.6 Å². The summed E-state index contributed by atoms with van der Waals surface area (Å²) in [5, 5.41) is 5.43. The Bertz CT molecular complexity index is 997. The third kappa shape index (κ3) is 6.15. The molecule has 8 heteroatoms. The third-order valence-corrected chi connectivity index (χ3v) is 7.13. The molecule has 166 valence electrons. The highest BCUT2D eigenvalue weighted by atomic mass is 32.2. The molecule has 0 saturated carbocycles. The summed E-state index contributed by atoms with van der Waals surface area (Å²) in [5.74, 6) is 0.172. The smallest absolute Gasteiger partial charge is 0.251 e. The number of carbonyl (C=O) groups excluding carboxylic acids is 2. The van der Waals surface area contributed by atoms with Crippen LogP contribution in [0.3, 0.4) is 0 Å². The number of rotatable bonds is 7. The fourth-order valence-electron chi connectivity index (χ4n) is 3.87. The summed E-state index contributed by atoms with van der Waals surface area (Å²) in [5.41, 5.74) is 1.05. The Morgan fingerprint density at radius 2 is 1.58 bits per heavy atom. The molecule has 0 aromatic heterocycles. The lowest BCUT2D eigenvalue weighted by Gasteiger charge is -2.34. The van der Waals surface area contributed by atoms with E-state index in [1.807, 2.05) is 6.07 Å². The van der Waals surface area contributed by atoms with Crippen LogP contribution in [0.25, 0.3) is 0 Å². The highest BCUT2D eigenvalue weighted by molar-refractivity contribution is 7.89. The predicted octanol–water partition coefficient (Wildman–Crippen LogP) is 3.11. The third-order valence-electron chi connectivity index (χ3n) is 5.28. The molecule has 31 heavy (non-hydrogen) atoms. The lowest BCUT2D eigenvalue weighted by molar-refractivity contribution is -0.116. The summed E-state index contributed by atoms with van der Waals surface area (Å²) in [6, 6.07) is 15.0. The van der Waals surface area contributed by atoms with Gasteiger partial charge in [-0.15, -0.1) is 0 Å². The Labute approximate surface area is 183 Å². The van der Waals surface area contributed by atoms with E-state index in [1.54, 1.807) is 40.7 Å². The zero-order valence-electron chi connectivity index (χ0n) is 17.9. The second-order valence-corrected chi connectivity index (χ2v) is 10.2. The van der Waals surface area contributed by atoms with E-state index in [0.717, 1.165) is 6.42 Å². The van der Waals surface area contributed by atoms with Gasteiger partial charge in [-0.25, -0.2) is 8.42 Å². The molecule has 2 unspecified atom stereocenters. The van der Waals surface area contributed by atoms with Gasteiger partial charge in [-0.05, 0) is 54.7 Å². The molecule has 0 radical (unpaired) electrons. The molecule has 2 aromatic rings. The Kier molecular flexibility index (Phi) is 7.46. The van der Waals surface area contributed by atoms with Gasteiger partial charge in [0.25, 0.3) is 5.91 Å². The molecule has 0 aliphatic carbocycles. The number of benzene rings is 2. The monoisotopic (exact) mass is 443 g/mol. The zero-order chi connectivity index (χ0) is 22.4. The van der Waals surface area contributed by atoms with E-state index < -0.39 is 10.0 Å². The van der Waals surface area contributed by atoms with Gasteiger partial charge in [0.2, 0.25) is 15.9 Å². The van der Waals surface area contributed by atoms with Crippen molar-refractivity contribution in [2.75, 3.05) is 25.0 Å². The van der Waals surface area contributed by atoms with Crippen LogP contribution in [0.4, 0.5) is 5.69 Å². The Hall–Kier alpha value is -2.71. The van der Waals surface area contributed by atoms with E-state index in [-0.39, 0.29) is 29.7 Å². The first-order valence-corrected chi connectivity index (χ1v) is 11.9. The molecule has 3 rings (SSSR count). The number of amides is 2. The molecule has 0 spiro atoms. The van der Waals surface area contributed by atoms with Crippen LogP contribution in [0.15, 0.2) is 59.5 Å². The van der Waals surface area contributed by atoms with Crippen molar-refractivity contribution in [3.05, 3.63) is 60.2 Å². The van der Waals surface area contributed by atoms with Gasteiger partial charge in [0, 0.05) is 37.3 Å². The highest BCUT2D eigenvalue weighted by Gasteiger charge is 2.31. The van der Waals surface area contributed by atoms with Crippen LogP contribution in [0, 0.1) is 11.8 Å². The van der Waals surface area contributed by atoms with Gasteiger partial charge < -0.3 is 10.6 Å². The van der Waals surface area contributed by atoms with Crippen molar-refractivity contribution in [3.63, 3.8) is 0 Å². The number of anilines is 1. The first kappa shape index (κ1) is 23.0. The average Bonchev–Trinajstić information content (AvgIpc) is 2.74. The number of sulfonamides is 1. The van der Waals surface area contributed by atoms with Crippen LogP contribution >= 0.6 is 0 Å². The molecular formula is C23H29N3O4S. The Morgan fingerprint density at radius 1 is 0.968 bits per heavy atom. The van der Waals surface area contributed by atoms with Crippen molar-refractivity contribution < 1.29 is 18.0 Å². The summed E-state index contributed by atoms with van der Waals surface area (Å²) < 4.78 is 27.4. The Morgan fingerprint density at radius 3 is 2.19 bits per heavy atom. The second kappa shape index (κ2) is 10.1. The molecule has 1 heterocycles. The number of nitrogens with one attached hydrogen (secondary N) is 2. The van der Waals surface area contributed by atoms with Crippen LogP contribution in [-0.2, 0) is 14.8 Å². The first-order valence-electron chi connectivity index (χ1n) is 10.5. The van der Waals surface area contributed by atoms with Gasteiger partial charge in [0.1, 0.15) is 0 Å². The van der Waals surface area contributed by atoms with Crippen LogP contribution in [0.2, 0.25) is 0 Å². The molecule has 2 aromatic carbocycles. The lowest BCUT2D eigenvalue weighted by Crippen LogP contribution is -2.42. The molecule has 7 nitrogen and oxygen atoms in total. The van der Waals surface area contributed by atoms with E-state index in [9.17, 15) is 18.0 Å². The minimum Gasteiger partial charge on any atom is -0.352 e. The van der Waals surface area contributed by atoms with Gasteiger partial charge >= 0.3 is 0 Å². The SMILES string of the molecule is CC1CC(C)CN(S(=O)(=O)c2ccc(NC(=O)CCNC(=O)c3ccccc3)cc2)C1. The van der Waals surface area contributed by atoms with Gasteiger partial charge in [-0.2, -0.15) is 4.31 Å². The predicted molar refractivity (Wildman–Crippen MR) is 120 cm³/mol. The summed E-state index contributed by atoms with van der Waals surface area (Å²) in [4.78, 5) is 24.4. The van der Waals surface area contributed by atoms with Crippen molar-refractivity contribution in [1.82, 2.24) is 9.62 Å². The van der Waals surface area contributed by atoms with E-state index in [2.05, 4.69) is 24.5 Å². The lowest BCUT2D eigenvalue weighted by atomic mass is 9.94. The maximum absolute atomic E-state index is 12.9. The standard InChI is InChI=1S/C23H29N3O4S/c1-17-14-18(2)16-26(15-17)31(29,30)21-10-8-20(9-11-21)25-22(27)12-13-24-23(28)19-6-4-3-5-7-19/h3-11,17-18H,12-16H2,1-2H3,(H,24,28)(H,25,27). The maximum Gasteiger partial charge on any atom is 0.251 e. The molecule has 1 fully saturated rings. The molecule has 1 aliphatic rings. The summed E-state index contributed by atoms with van der Waals surface area (Å²) in [6.45, 7) is 5.40. The minimum absolute atomic E-state index is 0.113.